The Bertz CT molecular complexity index is 1360. The van der Waals surface area contributed by atoms with Crippen molar-refractivity contribution in [3.05, 3.63) is 102 Å². The molecule has 0 fully saturated rings. The fourth-order valence-electron chi connectivity index (χ4n) is 3.89. The van der Waals surface area contributed by atoms with Crippen LogP contribution in [0, 0.1) is 5.82 Å². The maximum Gasteiger partial charge on any atom is 0.255 e. The summed E-state index contributed by atoms with van der Waals surface area (Å²) in [6.45, 7) is 1.80. The number of phenols is 1. The summed E-state index contributed by atoms with van der Waals surface area (Å²) in [6.07, 6.45) is 0. The van der Waals surface area contributed by atoms with Crippen LogP contribution in [-0.2, 0) is 4.79 Å². The Morgan fingerprint density at radius 1 is 1.06 bits per heavy atom. The summed E-state index contributed by atoms with van der Waals surface area (Å²) in [7, 11) is 0. The molecule has 7 nitrogen and oxygen atoms in total. The lowest BCUT2D eigenvalue weighted by molar-refractivity contribution is -0.113. The summed E-state index contributed by atoms with van der Waals surface area (Å²) in [5, 5.41) is 20.8. The number of nitrogens with zero attached hydrogens (tertiary/aromatic N) is 3. The van der Waals surface area contributed by atoms with Crippen molar-refractivity contribution in [2.24, 2.45) is 0 Å². The van der Waals surface area contributed by atoms with Crippen molar-refractivity contribution in [1.29, 1.82) is 0 Å². The van der Waals surface area contributed by atoms with Crippen LogP contribution >= 0.6 is 0 Å². The minimum atomic E-state index is -0.640. The molecule has 1 aliphatic heterocycles. The second-order valence-electron chi connectivity index (χ2n) is 7.69. The molecule has 8 heteroatoms. The van der Waals surface area contributed by atoms with Gasteiger partial charge in [0.1, 0.15) is 17.6 Å². The van der Waals surface area contributed by atoms with Gasteiger partial charge in [-0.1, -0.05) is 30.3 Å². The Kier molecular flexibility index (Phi) is 5.10. The van der Waals surface area contributed by atoms with Crippen LogP contribution in [0.1, 0.15) is 18.5 Å². The molecule has 0 spiro atoms. The minimum Gasteiger partial charge on any atom is -0.508 e. The van der Waals surface area contributed by atoms with E-state index in [9.17, 15) is 14.3 Å². The lowest BCUT2D eigenvalue weighted by atomic mass is 9.95. The molecule has 3 N–H and O–H groups in total. The lowest BCUT2D eigenvalue weighted by Gasteiger charge is -2.28. The minimum absolute atomic E-state index is 0.0759. The third-order valence-electron chi connectivity index (χ3n) is 5.42. The summed E-state index contributed by atoms with van der Waals surface area (Å²) >= 11 is 0. The zero-order chi connectivity index (χ0) is 22.9. The lowest BCUT2D eigenvalue weighted by Crippen LogP contribution is -2.31. The van der Waals surface area contributed by atoms with Gasteiger partial charge in [-0.05, 0) is 61.0 Å². The number of halogens is 1. The maximum absolute atomic E-state index is 13.4. The third-order valence-corrected chi connectivity index (χ3v) is 5.42. The van der Waals surface area contributed by atoms with Crippen LogP contribution in [0.4, 0.5) is 16.0 Å². The SMILES string of the molecule is CC1=C(C(=O)Nc2ccccc2)C(c2cccc(O)c2)n2nc(-c3ccc(F)cc3)nc2N1. The van der Waals surface area contributed by atoms with E-state index in [0.717, 1.165) is 0 Å². The molecular weight excluding hydrogens is 421 g/mol. The Morgan fingerprint density at radius 3 is 2.55 bits per heavy atom. The van der Waals surface area contributed by atoms with Crippen molar-refractivity contribution < 1.29 is 14.3 Å². The van der Waals surface area contributed by atoms with E-state index in [1.165, 1.54) is 12.1 Å². The average Bonchev–Trinajstić information content (AvgIpc) is 3.22. The van der Waals surface area contributed by atoms with Crippen LogP contribution < -0.4 is 10.6 Å². The number of hydrogen-bond acceptors (Lipinski definition) is 5. The standard InChI is InChI=1S/C25H20FN5O2/c1-15-21(24(33)28-19-7-3-2-4-8-19)22(17-6-5-9-20(32)14-17)31-25(27-15)29-23(30-31)16-10-12-18(26)13-11-16/h2-14,22,32H,1H3,(H,28,33)(H,27,29,30). The van der Waals surface area contributed by atoms with Gasteiger partial charge in [-0.2, -0.15) is 4.98 Å². The van der Waals surface area contributed by atoms with Gasteiger partial charge in [-0.3, -0.25) is 4.79 Å². The number of allylic oxidation sites excluding steroid dienone is 1. The number of nitrogens with one attached hydrogen (secondary N) is 2. The van der Waals surface area contributed by atoms with Gasteiger partial charge in [-0.25, -0.2) is 9.07 Å². The van der Waals surface area contributed by atoms with Crippen molar-refractivity contribution in [1.82, 2.24) is 14.8 Å². The molecule has 4 aromatic rings. The predicted molar refractivity (Wildman–Crippen MR) is 123 cm³/mol. The van der Waals surface area contributed by atoms with E-state index in [0.29, 0.717) is 39.9 Å². The molecule has 1 atom stereocenters. The first-order valence-electron chi connectivity index (χ1n) is 10.4. The van der Waals surface area contributed by atoms with E-state index < -0.39 is 6.04 Å². The van der Waals surface area contributed by atoms with E-state index >= 15 is 0 Å². The van der Waals surface area contributed by atoms with Gasteiger partial charge in [0.05, 0.1) is 5.57 Å². The second-order valence-corrected chi connectivity index (χ2v) is 7.69. The zero-order valence-electron chi connectivity index (χ0n) is 17.7. The fraction of sp³-hybridized carbons (Fsp3) is 0.0800. The highest BCUT2D eigenvalue weighted by Gasteiger charge is 2.34. The number of amides is 1. The normalized spacial score (nSPS) is 15.0. The zero-order valence-corrected chi connectivity index (χ0v) is 17.7. The maximum atomic E-state index is 13.4. The molecule has 164 valence electrons. The summed E-state index contributed by atoms with van der Waals surface area (Å²) < 4.78 is 15.0. The summed E-state index contributed by atoms with van der Waals surface area (Å²) in [6, 6.07) is 21.1. The Labute approximate surface area is 189 Å². The largest absolute Gasteiger partial charge is 0.508 e. The summed E-state index contributed by atoms with van der Waals surface area (Å²) in [5.41, 5.74) is 3.03. The van der Waals surface area contributed by atoms with Crippen molar-refractivity contribution in [2.75, 3.05) is 10.6 Å². The summed E-state index contributed by atoms with van der Waals surface area (Å²) in [5.74, 6) is 0.253. The molecule has 0 bridgehead atoms. The number of benzene rings is 3. The number of carbonyl (C=O) groups is 1. The second kappa shape index (κ2) is 8.23. The molecular formula is C25H20FN5O2. The number of anilines is 2. The molecule has 0 radical (unpaired) electrons. The van der Waals surface area contributed by atoms with Gasteiger partial charge in [0, 0.05) is 16.9 Å². The number of aromatic hydroxyl groups is 1. The molecule has 1 unspecified atom stereocenters. The molecule has 0 saturated carbocycles. The molecule has 5 rings (SSSR count). The third kappa shape index (κ3) is 3.94. The van der Waals surface area contributed by atoms with E-state index in [-0.39, 0.29) is 17.5 Å². The quantitative estimate of drug-likeness (QED) is 0.426. The number of carbonyl (C=O) groups excluding carboxylic acids is 1. The van der Waals surface area contributed by atoms with Crippen LogP contribution in [-0.4, -0.2) is 25.8 Å². The summed E-state index contributed by atoms with van der Waals surface area (Å²) in [4.78, 5) is 18.0. The fourth-order valence-corrected chi connectivity index (χ4v) is 3.89. The van der Waals surface area contributed by atoms with E-state index in [1.807, 2.05) is 24.3 Å². The van der Waals surface area contributed by atoms with E-state index in [2.05, 4.69) is 20.7 Å². The van der Waals surface area contributed by atoms with Gasteiger partial charge in [-0.15, -0.1) is 5.10 Å². The number of rotatable bonds is 4. The van der Waals surface area contributed by atoms with Crippen LogP contribution in [0.25, 0.3) is 11.4 Å². The highest BCUT2D eigenvalue weighted by atomic mass is 19.1. The Morgan fingerprint density at radius 2 is 1.82 bits per heavy atom. The van der Waals surface area contributed by atoms with Crippen molar-refractivity contribution in [2.45, 2.75) is 13.0 Å². The van der Waals surface area contributed by atoms with E-state index in [4.69, 9.17) is 0 Å². The first-order valence-corrected chi connectivity index (χ1v) is 10.4. The monoisotopic (exact) mass is 441 g/mol. The number of phenolic OH excluding ortho intramolecular Hbond substituents is 1. The van der Waals surface area contributed by atoms with Crippen molar-refractivity contribution in [3.8, 4) is 17.1 Å². The first kappa shape index (κ1) is 20.4. The molecule has 0 aliphatic carbocycles. The molecule has 1 aliphatic rings. The highest BCUT2D eigenvalue weighted by Crippen LogP contribution is 2.37. The Balaban J connectivity index is 1.61. The van der Waals surface area contributed by atoms with Gasteiger partial charge < -0.3 is 15.7 Å². The van der Waals surface area contributed by atoms with Crippen LogP contribution in [0.2, 0.25) is 0 Å². The van der Waals surface area contributed by atoms with Crippen molar-refractivity contribution >= 4 is 17.5 Å². The van der Waals surface area contributed by atoms with Gasteiger partial charge in [0.25, 0.3) is 5.91 Å². The van der Waals surface area contributed by atoms with Crippen LogP contribution in [0.3, 0.4) is 0 Å². The number of para-hydroxylation sites is 1. The molecule has 2 heterocycles. The molecule has 1 aromatic heterocycles. The number of fused-ring (bicyclic) bond motifs is 1. The van der Waals surface area contributed by atoms with Crippen molar-refractivity contribution in [3.63, 3.8) is 0 Å². The Hall–Kier alpha value is -4.46. The topological polar surface area (TPSA) is 92.1 Å². The van der Waals surface area contributed by atoms with Crippen LogP contribution in [0.5, 0.6) is 5.75 Å². The van der Waals surface area contributed by atoms with E-state index in [1.54, 1.807) is 54.1 Å². The number of aromatic nitrogens is 3. The van der Waals surface area contributed by atoms with Crippen LogP contribution in [0.15, 0.2) is 90.1 Å². The first-order chi connectivity index (χ1) is 16.0. The van der Waals surface area contributed by atoms with Gasteiger partial charge in [0.15, 0.2) is 5.82 Å². The molecule has 1 amide bonds. The predicted octanol–water partition coefficient (Wildman–Crippen LogP) is 4.72. The van der Waals surface area contributed by atoms with Gasteiger partial charge >= 0.3 is 0 Å². The smallest absolute Gasteiger partial charge is 0.255 e. The average molecular weight is 441 g/mol. The van der Waals surface area contributed by atoms with Gasteiger partial charge in [0.2, 0.25) is 5.95 Å². The number of hydrogen-bond donors (Lipinski definition) is 3. The highest BCUT2D eigenvalue weighted by molar-refractivity contribution is 6.06. The molecule has 3 aromatic carbocycles. The molecule has 0 saturated heterocycles. The molecule has 33 heavy (non-hydrogen) atoms.